The Balaban J connectivity index is 1.93. The first-order chi connectivity index (χ1) is 10.2. The van der Waals surface area contributed by atoms with Crippen molar-refractivity contribution in [2.45, 2.75) is 19.4 Å². The number of carbonyl (C=O) groups is 1. The van der Waals surface area contributed by atoms with E-state index in [1.165, 1.54) is 0 Å². The van der Waals surface area contributed by atoms with Crippen molar-refractivity contribution in [3.05, 3.63) is 53.7 Å². The molecule has 0 aliphatic carbocycles. The van der Waals surface area contributed by atoms with Crippen LogP contribution in [0.15, 0.2) is 41.1 Å². The van der Waals surface area contributed by atoms with Crippen LogP contribution in [-0.4, -0.2) is 23.5 Å². The van der Waals surface area contributed by atoms with E-state index >= 15 is 0 Å². The molecule has 3 N–H and O–H groups in total. The summed E-state index contributed by atoms with van der Waals surface area (Å²) in [6.45, 7) is 2.22. The second-order valence-corrected chi connectivity index (χ2v) is 4.60. The maximum atomic E-state index is 12.0. The lowest BCUT2D eigenvalue weighted by atomic mass is 10.2. The number of rotatable bonds is 4. The minimum Gasteiger partial charge on any atom is -0.469 e. The summed E-state index contributed by atoms with van der Waals surface area (Å²) in [6, 6.07) is 7.07. The Morgan fingerprint density at radius 3 is 2.95 bits per heavy atom. The van der Waals surface area contributed by atoms with Crippen LogP contribution >= 0.6 is 0 Å². The van der Waals surface area contributed by atoms with Crippen LogP contribution in [-0.2, 0) is 6.42 Å². The monoisotopic (exact) mass is 283 g/mol. The van der Waals surface area contributed by atoms with Crippen molar-refractivity contribution in [1.82, 2.24) is 10.3 Å². The molecule has 0 fully saturated rings. The molecule has 5 nitrogen and oxygen atoms in total. The van der Waals surface area contributed by atoms with Crippen LogP contribution in [0.1, 0.15) is 28.7 Å². The summed E-state index contributed by atoms with van der Waals surface area (Å²) in [5, 5.41) is 2.88. The summed E-state index contributed by atoms with van der Waals surface area (Å²) in [5.74, 6) is 6.22. The number of aromatic nitrogens is 1. The Labute approximate surface area is 123 Å². The lowest BCUT2D eigenvalue weighted by molar-refractivity contribution is 0.0934. The first-order valence-corrected chi connectivity index (χ1v) is 6.67. The number of nitrogens with two attached hydrogens (primary N) is 1. The number of hydrogen-bond acceptors (Lipinski definition) is 4. The summed E-state index contributed by atoms with van der Waals surface area (Å²) < 4.78 is 5.25. The number of nitrogens with one attached hydrogen (secondary N) is 1. The van der Waals surface area contributed by atoms with Gasteiger partial charge in [-0.05, 0) is 31.2 Å². The van der Waals surface area contributed by atoms with Gasteiger partial charge in [-0.2, -0.15) is 0 Å². The maximum absolute atomic E-state index is 12.0. The molecule has 2 rings (SSSR count). The van der Waals surface area contributed by atoms with Crippen LogP contribution in [0.2, 0.25) is 0 Å². The topological polar surface area (TPSA) is 81.2 Å². The van der Waals surface area contributed by atoms with Gasteiger partial charge in [0, 0.05) is 24.2 Å². The number of pyridine rings is 1. The zero-order valence-corrected chi connectivity index (χ0v) is 11.8. The first-order valence-electron chi connectivity index (χ1n) is 6.67. The molecule has 2 aromatic rings. The smallest absolute Gasteiger partial charge is 0.270 e. The van der Waals surface area contributed by atoms with E-state index in [1.54, 1.807) is 24.6 Å². The largest absolute Gasteiger partial charge is 0.469 e. The summed E-state index contributed by atoms with van der Waals surface area (Å²) >= 11 is 0. The molecule has 1 atom stereocenters. The summed E-state index contributed by atoms with van der Waals surface area (Å²) in [7, 11) is 0. The average molecular weight is 283 g/mol. The van der Waals surface area contributed by atoms with Crippen molar-refractivity contribution in [2.24, 2.45) is 5.73 Å². The van der Waals surface area contributed by atoms with Crippen LogP contribution in [0.4, 0.5) is 0 Å². The predicted molar refractivity (Wildman–Crippen MR) is 79.5 cm³/mol. The second kappa shape index (κ2) is 7.27. The Bertz CT molecular complexity index is 636. The first kappa shape index (κ1) is 14.8. The predicted octanol–water partition coefficient (Wildman–Crippen LogP) is 1.35. The fourth-order valence-corrected chi connectivity index (χ4v) is 1.83. The molecular weight excluding hydrogens is 266 g/mol. The molecular formula is C16H17N3O2. The van der Waals surface area contributed by atoms with E-state index in [0.29, 0.717) is 18.7 Å². The fourth-order valence-electron chi connectivity index (χ4n) is 1.83. The van der Waals surface area contributed by atoms with E-state index < -0.39 is 0 Å². The third-order valence-electron chi connectivity index (χ3n) is 2.80. The standard InChI is InChI=1S/C16H17N3O2/c1-12(10-14-5-3-9-21-14)19-16(20)15-7-6-13(11-18-15)4-2-8-17/h3,5-7,9,11-12H,8,10,17H2,1H3,(H,19,20). The van der Waals surface area contributed by atoms with Gasteiger partial charge in [0.15, 0.2) is 0 Å². The van der Waals surface area contributed by atoms with Crippen molar-refractivity contribution < 1.29 is 9.21 Å². The number of amides is 1. The second-order valence-electron chi connectivity index (χ2n) is 4.60. The zero-order valence-electron chi connectivity index (χ0n) is 11.8. The van der Waals surface area contributed by atoms with Crippen molar-refractivity contribution in [3.8, 4) is 11.8 Å². The molecule has 2 aromatic heterocycles. The Morgan fingerprint density at radius 2 is 2.33 bits per heavy atom. The normalized spacial score (nSPS) is 11.3. The van der Waals surface area contributed by atoms with Gasteiger partial charge in [0.2, 0.25) is 0 Å². The van der Waals surface area contributed by atoms with E-state index in [4.69, 9.17) is 10.2 Å². The highest BCUT2D eigenvalue weighted by Gasteiger charge is 2.12. The van der Waals surface area contributed by atoms with E-state index in [9.17, 15) is 4.79 Å². The highest BCUT2D eigenvalue weighted by Crippen LogP contribution is 2.05. The average Bonchev–Trinajstić information content (AvgIpc) is 2.98. The molecule has 0 spiro atoms. The van der Waals surface area contributed by atoms with Gasteiger partial charge in [0.05, 0.1) is 12.8 Å². The molecule has 2 heterocycles. The fraction of sp³-hybridized carbons (Fsp3) is 0.250. The third kappa shape index (κ3) is 4.48. The molecule has 0 saturated heterocycles. The molecule has 1 amide bonds. The number of furan rings is 1. The van der Waals surface area contributed by atoms with Crippen LogP contribution in [0.3, 0.4) is 0 Å². The van der Waals surface area contributed by atoms with E-state index in [-0.39, 0.29) is 11.9 Å². The van der Waals surface area contributed by atoms with Crippen LogP contribution in [0, 0.1) is 11.8 Å². The van der Waals surface area contributed by atoms with Crippen LogP contribution in [0.25, 0.3) is 0 Å². The highest BCUT2D eigenvalue weighted by atomic mass is 16.3. The van der Waals surface area contributed by atoms with Gasteiger partial charge in [-0.15, -0.1) is 0 Å². The highest BCUT2D eigenvalue weighted by molar-refractivity contribution is 5.92. The van der Waals surface area contributed by atoms with Gasteiger partial charge in [-0.3, -0.25) is 4.79 Å². The molecule has 5 heteroatoms. The molecule has 0 bridgehead atoms. The molecule has 0 aromatic carbocycles. The van der Waals surface area contributed by atoms with Crippen molar-refractivity contribution >= 4 is 5.91 Å². The Kier molecular flexibility index (Phi) is 5.13. The molecule has 0 aliphatic rings. The molecule has 0 aliphatic heterocycles. The lowest BCUT2D eigenvalue weighted by Gasteiger charge is -2.12. The van der Waals surface area contributed by atoms with Crippen LogP contribution < -0.4 is 11.1 Å². The van der Waals surface area contributed by atoms with E-state index in [0.717, 1.165) is 11.3 Å². The lowest BCUT2D eigenvalue weighted by Crippen LogP contribution is -2.34. The van der Waals surface area contributed by atoms with Crippen molar-refractivity contribution in [2.75, 3.05) is 6.54 Å². The van der Waals surface area contributed by atoms with E-state index in [2.05, 4.69) is 22.1 Å². The molecule has 1 unspecified atom stereocenters. The molecule has 108 valence electrons. The molecule has 21 heavy (non-hydrogen) atoms. The van der Waals surface area contributed by atoms with Crippen molar-refractivity contribution in [1.29, 1.82) is 0 Å². The van der Waals surface area contributed by atoms with Crippen LogP contribution in [0.5, 0.6) is 0 Å². The number of nitrogens with zero attached hydrogens (tertiary/aromatic N) is 1. The number of hydrogen-bond donors (Lipinski definition) is 2. The Morgan fingerprint density at radius 1 is 1.48 bits per heavy atom. The third-order valence-corrected chi connectivity index (χ3v) is 2.80. The zero-order chi connectivity index (χ0) is 15.1. The summed E-state index contributed by atoms with van der Waals surface area (Å²) in [6.07, 6.45) is 3.82. The van der Waals surface area contributed by atoms with Gasteiger partial charge in [0.25, 0.3) is 5.91 Å². The SMILES string of the molecule is CC(Cc1ccco1)NC(=O)c1ccc(C#CCN)cn1. The van der Waals surface area contributed by atoms with Gasteiger partial charge in [-0.25, -0.2) is 4.98 Å². The summed E-state index contributed by atoms with van der Waals surface area (Å²) in [5.41, 5.74) is 6.40. The molecule has 0 saturated carbocycles. The quantitative estimate of drug-likeness (QED) is 0.830. The van der Waals surface area contributed by atoms with Gasteiger partial charge in [0.1, 0.15) is 11.5 Å². The minimum atomic E-state index is -0.215. The molecule has 0 radical (unpaired) electrons. The van der Waals surface area contributed by atoms with Gasteiger partial charge >= 0.3 is 0 Å². The number of carbonyl (C=O) groups excluding carboxylic acids is 1. The maximum Gasteiger partial charge on any atom is 0.270 e. The van der Waals surface area contributed by atoms with Crippen molar-refractivity contribution in [3.63, 3.8) is 0 Å². The minimum absolute atomic E-state index is 0.0397. The summed E-state index contributed by atoms with van der Waals surface area (Å²) in [4.78, 5) is 16.2. The Hall–Kier alpha value is -2.58. The van der Waals surface area contributed by atoms with Gasteiger partial charge in [-0.1, -0.05) is 11.8 Å². The van der Waals surface area contributed by atoms with E-state index in [1.807, 2.05) is 19.1 Å². The van der Waals surface area contributed by atoms with Gasteiger partial charge < -0.3 is 15.5 Å².